The Labute approximate surface area is 397 Å². The van der Waals surface area contributed by atoms with Crippen LogP contribution in [0.3, 0.4) is 0 Å². The first kappa shape index (κ1) is 60.2. The molecule has 1 aromatic rings. The molecule has 0 fully saturated rings. The minimum absolute atomic E-state index is 0.166. The summed E-state index contributed by atoms with van der Waals surface area (Å²) in [6, 6.07) is 0. The number of aromatic nitrogens is 2. The first-order valence-electron chi connectivity index (χ1n) is 29.0. The molecule has 1 rings (SSSR count). The van der Waals surface area contributed by atoms with Crippen molar-refractivity contribution >= 4 is 9.84 Å². The molecule has 0 radical (unpaired) electrons. The molecule has 0 amide bonds. The van der Waals surface area contributed by atoms with E-state index in [2.05, 4.69) is 44.2 Å². The van der Waals surface area contributed by atoms with E-state index in [0.717, 1.165) is 44.1 Å². The third kappa shape index (κ3) is 40.0. The number of aromatic amines is 1. The molecule has 0 aliphatic heterocycles. The Morgan fingerprint density at radius 1 is 0.413 bits per heavy atom. The topological polar surface area (TPSA) is 53.8 Å². The van der Waals surface area contributed by atoms with Crippen LogP contribution in [0.2, 0.25) is 0 Å². The average molecular weight is 905 g/mol. The normalized spacial score (nSPS) is 13.2. The van der Waals surface area contributed by atoms with E-state index in [1.54, 1.807) is 0 Å². The van der Waals surface area contributed by atoms with E-state index >= 15 is 0 Å². The number of nitrogens with one attached hydrogen (secondary N) is 1. The smallest absolute Gasteiger partial charge is 0.241 e. The summed E-state index contributed by atoms with van der Waals surface area (Å²) in [5, 5.41) is -0.166. The van der Waals surface area contributed by atoms with E-state index in [0.29, 0.717) is 18.1 Å². The lowest BCUT2D eigenvalue weighted by Gasteiger charge is -2.21. The van der Waals surface area contributed by atoms with Crippen molar-refractivity contribution in [3.8, 4) is 0 Å². The zero-order chi connectivity index (χ0) is 45.7. The molecular formula is C58H115N2O2S+. The highest BCUT2D eigenvalue weighted by atomic mass is 32.2. The summed E-state index contributed by atoms with van der Waals surface area (Å²) in [5.74, 6) is 2.51. The van der Waals surface area contributed by atoms with Crippen LogP contribution in [0, 0.1) is 17.8 Å². The van der Waals surface area contributed by atoms with Crippen LogP contribution in [0.5, 0.6) is 0 Å². The molecule has 0 saturated heterocycles. The fraction of sp³-hybridized carbons (Fsp3) is 0.948. The summed E-state index contributed by atoms with van der Waals surface area (Å²) in [6.45, 7) is 12.4. The Morgan fingerprint density at radius 3 is 1.17 bits per heavy atom. The number of unbranched alkanes of at least 4 members (excludes halogenated alkanes) is 31. The van der Waals surface area contributed by atoms with Crippen molar-refractivity contribution in [3.05, 3.63) is 18.7 Å². The first-order valence-corrected chi connectivity index (χ1v) is 30.7. The van der Waals surface area contributed by atoms with Crippen LogP contribution in [0.4, 0.5) is 0 Å². The molecule has 1 heterocycles. The van der Waals surface area contributed by atoms with E-state index in [-0.39, 0.29) is 5.25 Å². The number of aryl methyl sites for hydroxylation is 1. The average Bonchev–Trinajstić information content (AvgIpc) is 3.78. The standard InChI is InChI=1S/C58H114N2O2S/c1-6-8-10-12-14-16-18-20-22-24-26-28-30-32-34-36-44-57(45-37-35-33-31-29-27-25-23-21-19-17-15-13-11-9-7-2)46-38-39-47-58(49-48-56(5)43-40-42-55(3)4)63(61,62)53-41-51-60-52-50-59-54-60/h50,52,54-58H,6-49,51,53H2,1-5H3/p+1. The molecule has 0 bridgehead atoms. The Balaban J connectivity index is 2.49. The summed E-state index contributed by atoms with van der Waals surface area (Å²) in [4.78, 5) is 3.09. The summed E-state index contributed by atoms with van der Waals surface area (Å²) in [6.07, 6.45) is 65.3. The van der Waals surface area contributed by atoms with Crippen molar-refractivity contribution in [1.82, 2.24) is 4.98 Å². The second-order valence-electron chi connectivity index (χ2n) is 21.5. The number of H-pyrrole nitrogens is 1. The van der Waals surface area contributed by atoms with E-state index in [4.69, 9.17) is 0 Å². The molecule has 0 aliphatic carbocycles. The molecule has 2 atom stereocenters. The molecule has 5 heteroatoms. The van der Waals surface area contributed by atoms with Crippen molar-refractivity contribution in [1.29, 1.82) is 0 Å². The number of imidazole rings is 1. The summed E-state index contributed by atoms with van der Waals surface area (Å²) in [5.41, 5.74) is 0. The number of rotatable bonds is 51. The van der Waals surface area contributed by atoms with Crippen molar-refractivity contribution < 1.29 is 13.0 Å². The lowest BCUT2D eigenvalue weighted by Crippen LogP contribution is -2.33. The van der Waals surface area contributed by atoms with Gasteiger partial charge in [-0.3, -0.25) is 4.98 Å². The maximum atomic E-state index is 13.8. The largest absolute Gasteiger partial charge is 0.250 e. The van der Waals surface area contributed by atoms with Gasteiger partial charge in [0.1, 0.15) is 12.4 Å². The van der Waals surface area contributed by atoms with E-state index in [1.165, 1.54) is 250 Å². The minimum atomic E-state index is -3.11. The van der Waals surface area contributed by atoms with Crippen LogP contribution in [-0.2, 0) is 16.4 Å². The van der Waals surface area contributed by atoms with Crippen LogP contribution >= 0.6 is 0 Å². The summed E-state index contributed by atoms with van der Waals surface area (Å²) < 4.78 is 29.7. The number of hydrogen-bond acceptors (Lipinski definition) is 2. The second kappa shape index (κ2) is 45.0. The lowest BCUT2D eigenvalue weighted by molar-refractivity contribution is -0.695. The number of nitrogens with zero attached hydrogens (tertiary/aromatic N) is 1. The highest BCUT2D eigenvalue weighted by molar-refractivity contribution is 7.92. The zero-order valence-electron chi connectivity index (χ0n) is 43.7. The van der Waals surface area contributed by atoms with Gasteiger partial charge in [-0.1, -0.05) is 291 Å². The predicted octanol–water partition coefficient (Wildman–Crippen LogP) is 19.2. The van der Waals surface area contributed by atoms with Crippen LogP contribution < -0.4 is 4.57 Å². The van der Waals surface area contributed by atoms with Crippen molar-refractivity contribution in [3.63, 3.8) is 0 Å². The Morgan fingerprint density at radius 2 is 0.794 bits per heavy atom. The molecule has 63 heavy (non-hydrogen) atoms. The third-order valence-corrected chi connectivity index (χ3v) is 17.1. The van der Waals surface area contributed by atoms with Gasteiger partial charge in [0.15, 0.2) is 9.84 Å². The van der Waals surface area contributed by atoms with Gasteiger partial charge in [0.2, 0.25) is 6.33 Å². The van der Waals surface area contributed by atoms with Gasteiger partial charge >= 0.3 is 0 Å². The number of hydrogen-bond donors (Lipinski definition) is 1. The predicted molar refractivity (Wildman–Crippen MR) is 281 cm³/mol. The molecule has 0 aliphatic rings. The van der Waals surface area contributed by atoms with Crippen LogP contribution in [0.1, 0.15) is 317 Å². The van der Waals surface area contributed by atoms with Crippen LogP contribution in [0.15, 0.2) is 18.7 Å². The summed E-state index contributed by atoms with van der Waals surface area (Å²) in [7, 11) is -3.11. The zero-order valence-corrected chi connectivity index (χ0v) is 44.6. The van der Waals surface area contributed by atoms with Gasteiger partial charge in [0, 0.05) is 0 Å². The summed E-state index contributed by atoms with van der Waals surface area (Å²) >= 11 is 0. The van der Waals surface area contributed by atoms with Gasteiger partial charge in [-0.05, 0) is 43.4 Å². The molecule has 0 saturated carbocycles. The Hall–Kier alpha value is -0.840. The highest BCUT2D eigenvalue weighted by Gasteiger charge is 2.26. The minimum Gasteiger partial charge on any atom is -0.250 e. The Kier molecular flexibility index (Phi) is 43.0. The molecule has 1 aromatic heterocycles. The first-order chi connectivity index (χ1) is 30.8. The fourth-order valence-corrected chi connectivity index (χ4v) is 12.2. The van der Waals surface area contributed by atoms with Crippen LogP contribution in [0.25, 0.3) is 0 Å². The second-order valence-corrected chi connectivity index (χ2v) is 23.9. The maximum absolute atomic E-state index is 13.8. The number of sulfone groups is 1. The van der Waals surface area contributed by atoms with Gasteiger partial charge in [0.25, 0.3) is 0 Å². The highest BCUT2D eigenvalue weighted by Crippen LogP contribution is 2.28. The molecule has 374 valence electrons. The SMILES string of the molecule is CCCCCCCCCCCCCCCCCCC(CCCCCCCCCCCCCCCCCC)CCCCC(CCC(C)CCCC(C)C)S(=O)(=O)CCC[n+]1cc[nH]c1. The van der Waals surface area contributed by atoms with Gasteiger partial charge < -0.3 is 0 Å². The van der Waals surface area contributed by atoms with Gasteiger partial charge in [0.05, 0.1) is 17.5 Å². The monoisotopic (exact) mass is 904 g/mol. The van der Waals surface area contributed by atoms with Gasteiger partial charge in [-0.15, -0.1) is 0 Å². The van der Waals surface area contributed by atoms with E-state index < -0.39 is 9.84 Å². The van der Waals surface area contributed by atoms with Crippen molar-refractivity contribution in [2.45, 2.75) is 329 Å². The van der Waals surface area contributed by atoms with Crippen LogP contribution in [-0.4, -0.2) is 24.4 Å². The molecule has 2 unspecified atom stereocenters. The maximum Gasteiger partial charge on any atom is 0.241 e. The van der Waals surface area contributed by atoms with Gasteiger partial charge in [-0.25, -0.2) is 13.0 Å². The molecule has 0 spiro atoms. The molecule has 4 nitrogen and oxygen atoms in total. The molecule has 0 aromatic carbocycles. The third-order valence-electron chi connectivity index (χ3n) is 14.7. The Bertz CT molecular complexity index is 1100. The van der Waals surface area contributed by atoms with Crippen molar-refractivity contribution in [2.75, 3.05) is 5.75 Å². The van der Waals surface area contributed by atoms with Gasteiger partial charge in [-0.2, -0.15) is 0 Å². The van der Waals surface area contributed by atoms with Crippen molar-refractivity contribution in [2.24, 2.45) is 17.8 Å². The van der Waals surface area contributed by atoms with E-state index in [9.17, 15) is 8.42 Å². The quantitative estimate of drug-likeness (QED) is 0.0523. The fourth-order valence-electron chi connectivity index (χ4n) is 10.3. The van der Waals surface area contributed by atoms with E-state index in [1.807, 2.05) is 18.7 Å². The lowest BCUT2D eigenvalue weighted by atomic mass is 9.89. The molecular weight excluding hydrogens is 789 g/mol. The molecule has 1 N–H and O–H groups in total.